The molecule has 0 amide bonds. The number of hydrogen-bond acceptors (Lipinski definition) is 3. The van der Waals surface area contributed by atoms with Crippen molar-refractivity contribution in [1.29, 1.82) is 0 Å². The second kappa shape index (κ2) is 5.74. The van der Waals surface area contributed by atoms with Crippen LogP contribution in [-0.4, -0.2) is 13.7 Å². The van der Waals surface area contributed by atoms with Gasteiger partial charge in [-0.1, -0.05) is 6.07 Å². The van der Waals surface area contributed by atoms with Crippen molar-refractivity contribution in [2.75, 3.05) is 13.7 Å². The minimum absolute atomic E-state index is 0.218. The van der Waals surface area contributed by atoms with Crippen molar-refractivity contribution in [3.05, 3.63) is 52.8 Å². The second-order valence-electron chi connectivity index (χ2n) is 5.21. The van der Waals surface area contributed by atoms with E-state index in [1.165, 1.54) is 11.6 Å². The molecule has 110 valence electrons. The average Bonchev–Trinajstić information content (AvgIpc) is 2.92. The highest BCUT2D eigenvalue weighted by atomic mass is 19.1. The van der Waals surface area contributed by atoms with Crippen LogP contribution in [0.3, 0.4) is 0 Å². The van der Waals surface area contributed by atoms with Gasteiger partial charge in [-0.2, -0.15) is 0 Å². The topological polar surface area (TPSA) is 30.5 Å². The molecule has 21 heavy (non-hydrogen) atoms. The quantitative estimate of drug-likeness (QED) is 0.932. The molecular weight excluding hydrogens is 269 g/mol. The molecule has 2 aromatic rings. The third-order valence-electron chi connectivity index (χ3n) is 3.60. The maximum atomic E-state index is 13.7. The maximum Gasteiger partial charge on any atom is 0.132 e. The Bertz CT molecular complexity index is 670. The molecule has 0 saturated heterocycles. The van der Waals surface area contributed by atoms with Gasteiger partial charge in [-0.3, -0.25) is 0 Å². The minimum atomic E-state index is -0.218. The summed E-state index contributed by atoms with van der Waals surface area (Å²) in [7, 11) is 1.82. The second-order valence-corrected chi connectivity index (χ2v) is 5.21. The van der Waals surface area contributed by atoms with Gasteiger partial charge in [-0.15, -0.1) is 0 Å². The SMILES string of the molecule is CNCc1cc(F)c(C)cc1Oc1ccc2c(c1)OCC2. The van der Waals surface area contributed by atoms with Gasteiger partial charge in [-0.05, 0) is 43.3 Å². The van der Waals surface area contributed by atoms with Gasteiger partial charge < -0.3 is 14.8 Å². The third-order valence-corrected chi connectivity index (χ3v) is 3.60. The highest BCUT2D eigenvalue weighted by Gasteiger charge is 2.14. The Hall–Kier alpha value is -2.07. The van der Waals surface area contributed by atoms with Crippen LogP contribution in [0.25, 0.3) is 0 Å². The number of halogens is 1. The van der Waals surface area contributed by atoms with Gasteiger partial charge in [0.05, 0.1) is 6.61 Å². The molecule has 1 aliphatic rings. The number of hydrogen-bond donors (Lipinski definition) is 1. The molecule has 0 atom stereocenters. The fraction of sp³-hybridized carbons (Fsp3) is 0.294. The smallest absolute Gasteiger partial charge is 0.132 e. The van der Waals surface area contributed by atoms with Crippen molar-refractivity contribution in [2.24, 2.45) is 0 Å². The molecule has 4 heteroatoms. The Kier molecular flexibility index (Phi) is 3.80. The van der Waals surface area contributed by atoms with Gasteiger partial charge in [0.15, 0.2) is 0 Å². The average molecular weight is 287 g/mol. The van der Waals surface area contributed by atoms with E-state index >= 15 is 0 Å². The highest BCUT2D eigenvalue weighted by Crippen LogP contribution is 2.33. The zero-order valence-electron chi connectivity index (χ0n) is 12.2. The van der Waals surface area contributed by atoms with Gasteiger partial charge in [0.2, 0.25) is 0 Å². The molecule has 3 rings (SSSR count). The molecule has 2 aromatic carbocycles. The standard InChI is InChI=1S/C17H18FNO2/c1-11-7-17(13(10-19-2)8-15(11)18)21-14-4-3-12-5-6-20-16(12)9-14/h3-4,7-9,19H,5-6,10H2,1-2H3. The minimum Gasteiger partial charge on any atom is -0.493 e. The van der Waals surface area contributed by atoms with Gasteiger partial charge >= 0.3 is 0 Å². The van der Waals surface area contributed by atoms with Crippen molar-refractivity contribution < 1.29 is 13.9 Å². The van der Waals surface area contributed by atoms with Crippen LogP contribution in [-0.2, 0) is 13.0 Å². The molecule has 3 nitrogen and oxygen atoms in total. The van der Waals surface area contributed by atoms with Crippen molar-refractivity contribution in [1.82, 2.24) is 5.32 Å². The number of rotatable bonds is 4. The molecule has 1 heterocycles. The zero-order valence-corrected chi connectivity index (χ0v) is 12.2. The molecule has 0 spiro atoms. The van der Waals surface area contributed by atoms with E-state index in [0.717, 1.165) is 24.3 Å². The molecule has 0 saturated carbocycles. The lowest BCUT2D eigenvalue weighted by Gasteiger charge is -2.13. The monoisotopic (exact) mass is 287 g/mol. The normalized spacial score (nSPS) is 12.9. The first-order valence-electron chi connectivity index (χ1n) is 7.04. The lowest BCUT2D eigenvalue weighted by molar-refractivity contribution is 0.355. The third kappa shape index (κ3) is 2.85. The molecule has 0 aromatic heterocycles. The molecular formula is C17H18FNO2. The molecule has 0 unspecified atom stereocenters. The first kappa shape index (κ1) is 13.9. The van der Waals surface area contributed by atoms with Crippen LogP contribution < -0.4 is 14.8 Å². The van der Waals surface area contributed by atoms with Crippen LogP contribution in [0.15, 0.2) is 30.3 Å². The van der Waals surface area contributed by atoms with Gasteiger partial charge in [-0.25, -0.2) is 4.39 Å². The lowest BCUT2D eigenvalue weighted by atomic mass is 10.1. The van der Waals surface area contributed by atoms with Crippen LogP contribution in [0.4, 0.5) is 4.39 Å². The van der Waals surface area contributed by atoms with Gasteiger partial charge in [0.1, 0.15) is 23.1 Å². The van der Waals surface area contributed by atoms with Crippen LogP contribution in [0.1, 0.15) is 16.7 Å². The molecule has 1 aliphatic heterocycles. The Morgan fingerprint density at radius 3 is 2.95 bits per heavy atom. The Morgan fingerprint density at radius 1 is 1.29 bits per heavy atom. The summed E-state index contributed by atoms with van der Waals surface area (Å²) >= 11 is 0. The summed E-state index contributed by atoms with van der Waals surface area (Å²) in [6, 6.07) is 9.09. The van der Waals surface area contributed by atoms with E-state index in [4.69, 9.17) is 9.47 Å². The highest BCUT2D eigenvalue weighted by molar-refractivity contribution is 5.46. The van der Waals surface area contributed by atoms with Crippen LogP contribution in [0, 0.1) is 12.7 Å². The Morgan fingerprint density at radius 2 is 2.14 bits per heavy atom. The summed E-state index contributed by atoms with van der Waals surface area (Å²) in [5.74, 6) is 2.03. The van der Waals surface area contributed by atoms with E-state index in [1.807, 2.05) is 25.2 Å². The van der Waals surface area contributed by atoms with Gasteiger partial charge in [0.25, 0.3) is 0 Å². The number of ether oxygens (including phenoxy) is 2. The van der Waals surface area contributed by atoms with Crippen molar-refractivity contribution in [3.63, 3.8) is 0 Å². The van der Waals surface area contributed by atoms with Crippen LogP contribution in [0.5, 0.6) is 17.2 Å². The largest absolute Gasteiger partial charge is 0.493 e. The van der Waals surface area contributed by atoms with E-state index in [-0.39, 0.29) is 5.82 Å². The van der Waals surface area contributed by atoms with Crippen LogP contribution >= 0.6 is 0 Å². The van der Waals surface area contributed by atoms with E-state index in [9.17, 15) is 4.39 Å². The number of fused-ring (bicyclic) bond motifs is 1. The zero-order chi connectivity index (χ0) is 14.8. The van der Waals surface area contributed by atoms with E-state index in [0.29, 0.717) is 23.6 Å². The predicted molar refractivity (Wildman–Crippen MR) is 79.6 cm³/mol. The maximum absolute atomic E-state index is 13.7. The lowest BCUT2D eigenvalue weighted by Crippen LogP contribution is -2.07. The Labute approximate surface area is 123 Å². The fourth-order valence-electron chi connectivity index (χ4n) is 2.46. The van der Waals surface area contributed by atoms with Crippen molar-refractivity contribution in [2.45, 2.75) is 19.9 Å². The van der Waals surface area contributed by atoms with E-state index in [2.05, 4.69) is 5.32 Å². The predicted octanol–water partition coefficient (Wildman–Crippen LogP) is 3.58. The van der Waals surface area contributed by atoms with Crippen molar-refractivity contribution in [3.8, 4) is 17.2 Å². The summed E-state index contributed by atoms with van der Waals surface area (Å²) < 4.78 is 25.2. The summed E-state index contributed by atoms with van der Waals surface area (Å²) in [6.45, 7) is 3.00. The van der Waals surface area contributed by atoms with Crippen molar-refractivity contribution >= 4 is 0 Å². The number of benzene rings is 2. The first-order chi connectivity index (χ1) is 10.2. The summed E-state index contributed by atoms with van der Waals surface area (Å²) in [6.07, 6.45) is 0.941. The van der Waals surface area contributed by atoms with E-state index in [1.54, 1.807) is 13.0 Å². The first-order valence-corrected chi connectivity index (χ1v) is 7.04. The fourth-order valence-corrected chi connectivity index (χ4v) is 2.46. The molecule has 0 bridgehead atoms. The van der Waals surface area contributed by atoms with Crippen LogP contribution in [0.2, 0.25) is 0 Å². The Balaban J connectivity index is 1.91. The summed E-state index contributed by atoms with van der Waals surface area (Å²) in [5.41, 5.74) is 2.57. The molecule has 0 aliphatic carbocycles. The summed E-state index contributed by atoms with van der Waals surface area (Å²) in [4.78, 5) is 0. The van der Waals surface area contributed by atoms with Gasteiger partial charge in [0, 0.05) is 24.6 Å². The van der Waals surface area contributed by atoms with E-state index < -0.39 is 0 Å². The number of aryl methyl sites for hydroxylation is 1. The molecule has 0 fully saturated rings. The molecule has 1 N–H and O–H groups in total. The molecule has 0 radical (unpaired) electrons. The number of nitrogens with one attached hydrogen (secondary N) is 1. The summed E-state index contributed by atoms with van der Waals surface area (Å²) in [5, 5.41) is 3.03.